The molecule has 0 aliphatic heterocycles. The van der Waals surface area contributed by atoms with Crippen molar-refractivity contribution in [2.24, 2.45) is 0 Å². The van der Waals surface area contributed by atoms with Gasteiger partial charge in [0.2, 0.25) is 0 Å². The molecule has 5 aromatic heterocycles. The standard InChI is InChI=1S/C34H27N9O3.C2H6/c1-19-38-27-17-29(46-2)21(18-44)16-25(27)34(45)42(19)28-10-6-20-15-22(7-8-23(20)28)43-32(24-5-3-12-36-31(24)35)39-26-9-11-30(40-33(26)43)41-14-4-13-37-41;1-2/h3-5,7-9,11-18,28H,6,10H2,1-2H3,(H2,35,36);1-2H3. The summed E-state index contributed by atoms with van der Waals surface area (Å²) in [6, 6.07) is 18.5. The molecule has 7 aromatic rings. The molecule has 12 heteroatoms. The zero-order chi connectivity index (χ0) is 33.5. The molecule has 0 saturated heterocycles. The van der Waals surface area contributed by atoms with Crippen molar-refractivity contribution in [3.8, 4) is 28.6 Å². The molecule has 8 rings (SSSR count). The minimum absolute atomic E-state index is 0.194. The van der Waals surface area contributed by atoms with E-state index in [0.29, 0.717) is 68.5 Å². The second kappa shape index (κ2) is 12.2. The van der Waals surface area contributed by atoms with Gasteiger partial charge in [-0.1, -0.05) is 19.9 Å². The van der Waals surface area contributed by atoms with E-state index in [4.69, 9.17) is 25.4 Å². The third-order valence-corrected chi connectivity index (χ3v) is 8.61. The average Bonchev–Trinajstić information content (AvgIpc) is 3.88. The number of hydrogen-bond donors (Lipinski definition) is 1. The first kappa shape index (κ1) is 30.5. The van der Waals surface area contributed by atoms with Gasteiger partial charge in [0.25, 0.3) is 5.56 Å². The monoisotopic (exact) mass is 639 g/mol. The second-order valence-corrected chi connectivity index (χ2v) is 11.2. The molecular weight excluding hydrogens is 606 g/mol. The third-order valence-electron chi connectivity index (χ3n) is 8.61. The van der Waals surface area contributed by atoms with E-state index in [9.17, 15) is 9.59 Å². The predicted molar refractivity (Wildman–Crippen MR) is 184 cm³/mol. The summed E-state index contributed by atoms with van der Waals surface area (Å²) < 4.78 is 10.8. The van der Waals surface area contributed by atoms with Crippen LogP contribution in [0, 0.1) is 6.92 Å². The van der Waals surface area contributed by atoms with Gasteiger partial charge >= 0.3 is 0 Å². The lowest BCUT2D eigenvalue weighted by atomic mass is 10.1. The van der Waals surface area contributed by atoms with E-state index in [-0.39, 0.29) is 11.6 Å². The van der Waals surface area contributed by atoms with Crippen molar-refractivity contribution in [1.29, 1.82) is 0 Å². The number of nitrogens with two attached hydrogens (primary N) is 1. The SMILES string of the molecule is CC.COc1cc2nc(C)n(C3CCc4cc(-n5c(-c6cccnc6N)nc6ccc(-n7cccn7)nc65)ccc43)c(=O)c2cc1C=O. The Hall–Kier alpha value is -6.17. The molecule has 0 radical (unpaired) electrons. The maximum Gasteiger partial charge on any atom is 0.261 e. The minimum atomic E-state index is -0.215. The molecule has 1 unspecified atom stereocenters. The highest BCUT2D eigenvalue weighted by Gasteiger charge is 2.29. The number of nitrogen functional groups attached to an aromatic ring is 1. The van der Waals surface area contributed by atoms with Crippen LogP contribution < -0.4 is 16.0 Å². The fraction of sp³-hybridized carbons (Fsp3) is 0.194. The van der Waals surface area contributed by atoms with E-state index in [0.717, 1.165) is 29.7 Å². The third kappa shape index (κ3) is 4.89. The number of fused-ring (bicyclic) bond motifs is 3. The van der Waals surface area contributed by atoms with Gasteiger partial charge < -0.3 is 10.5 Å². The summed E-state index contributed by atoms with van der Waals surface area (Å²) in [5.41, 5.74) is 12.0. The number of pyridine rings is 2. The lowest BCUT2D eigenvalue weighted by Crippen LogP contribution is -2.28. The molecule has 12 nitrogen and oxygen atoms in total. The number of rotatable bonds is 6. The maximum absolute atomic E-state index is 13.9. The molecule has 1 aliphatic rings. The van der Waals surface area contributed by atoms with Crippen molar-refractivity contribution in [3.63, 3.8) is 0 Å². The number of nitrogens with zero attached hydrogens (tertiary/aromatic N) is 8. The first-order chi connectivity index (χ1) is 23.4. The van der Waals surface area contributed by atoms with Crippen molar-refractivity contribution in [3.05, 3.63) is 112 Å². The van der Waals surface area contributed by atoms with Gasteiger partial charge in [-0.3, -0.25) is 18.7 Å². The van der Waals surface area contributed by atoms with Crippen molar-refractivity contribution < 1.29 is 9.53 Å². The van der Waals surface area contributed by atoms with E-state index >= 15 is 0 Å². The van der Waals surface area contributed by atoms with E-state index in [1.807, 2.05) is 67.9 Å². The first-order valence-electron chi connectivity index (χ1n) is 15.7. The summed E-state index contributed by atoms with van der Waals surface area (Å²) in [7, 11) is 1.49. The van der Waals surface area contributed by atoms with Crippen LogP contribution in [0.15, 0.2) is 84.0 Å². The number of imidazole rings is 1. The molecule has 2 N–H and O–H groups in total. The number of aldehydes is 1. The number of aromatic nitrogens is 8. The molecule has 1 aliphatic carbocycles. The quantitative estimate of drug-likeness (QED) is 0.228. The summed E-state index contributed by atoms with van der Waals surface area (Å²) in [6.07, 6.45) is 7.36. The number of ether oxygens (including phenoxy) is 1. The van der Waals surface area contributed by atoms with Gasteiger partial charge in [0.15, 0.2) is 23.6 Å². The van der Waals surface area contributed by atoms with Crippen molar-refractivity contribution in [2.45, 2.75) is 39.7 Å². The number of carbonyl (C=O) groups is 1. The van der Waals surface area contributed by atoms with Gasteiger partial charge in [0.05, 0.1) is 35.2 Å². The maximum atomic E-state index is 13.9. The number of benzene rings is 2. The molecule has 0 spiro atoms. The number of methoxy groups -OCH3 is 1. The number of aryl methyl sites for hydroxylation is 2. The molecule has 0 saturated carbocycles. The van der Waals surface area contributed by atoms with Crippen LogP contribution in [0.25, 0.3) is 45.0 Å². The topological polar surface area (TPSA) is 149 Å². The largest absolute Gasteiger partial charge is 0.496 e. The van der Waals surface area contributed by atoms with Crippen LogP contribution in [-0.2, 0) is 6.42 Å². The Morgan fingerprint density at radius 2 is 1.83 bits per heavy atom. The number of anilines is 1. The van der Waals surface area contributed by atoms with E-state index in [2.05, 4.69) is 22.2 Å². The summed E-state index contributed by atoms with van der Waals surface area (Å²) in [6.45, 7) is 5.83. The summed E-state index contributed by atoms with van der Waals surface area (Å²) in [5, 5.41) is 4.72. The van der Waals surface area contributed by atoms with E-state index in [1.165, 1.54) is 7.11 Å². The normalized spacial score (nSPS) is 13.7. The zero-order valence-electron chi connectivity index (χ0n) is 27.0. The number of hydrogen-bond acceptors (Lipinski definition) is 9. The van der Waals surface area contributed by atoms with Crippen LogP contribution in [0.1, 0.15) is 53.6 Å². The van der Waals surface area contributed by atoms with Crippen molar-refractivity contribution in [1.82, 2.24) is 38.9 Å². The molecule has 2 aromatic carbocycles. The lowest BCUT2D eigenvalue weighted by Gasteiger charge is -2.19. The average molecular weight is 640 g/mol. The van der Waals surface area contributed by atoms with E-state index < -0.39 is 0 Å². The highest BCUT2D eigenvalue weighted by molar-refractivity contribution is 5.90. The molecule has 5 heterocycles. The molecule has 0 amide bonds. The van der Waals surface area contributed by atoms with Crippen LogP contribution in [-0.4, -0.2) is 52.2 Å². The van der Waals surface area contributed by atoms with Gasteiger partial charge in [-0.2, -0.15) is 5.10 Å². The molecule has 48 heavy (non-hydrogen) atoms. The summed E-state index contributed by atoms with van der Waals surface area (Å²) >= 11 is 0. The van der Waals surface area contributed by atoms with Crippen molar-refractivity contribution in [2.75, 3.05) is 12.8 Å². The molecule has 0 fully saturated rings. The molecule has 240 valence electrons. The fourth-order valence-electron chi connectivity index (χ4n) is 6.49. The van der Waals surface area contributed by atoms with Gasteiger partial charge in [0.1, 0.15) is 22.9 Å². The Balaban J connectivity index is 0.00000179. The second-order valence-electron chi connectivity index (χ2n) is 11.2. The van der Waals surface area contributed by atoms with Crippen LogP contribution in [0.3, 0.4) is 0 Å². The predicted octanol–water partition coefficient (Wildman–Crippen LogP) is 5.65. The van der Waals surface area contributed by atoms with Crippen molar-refractivity contribution >= 4 is 34.2 Å². The Labute approximate surface area is 275 Å². The minimum Gasteiger partial charge on any atom is -0.496 e. The van der Waals surface area contributed by atoms with E-state index in [1.54, 1.807) is 33.8 Å². The van der Waals surface area contributed by atoms with Gasteiger partial charge in [-0.05, 0) is 79.4 Å². The highest BCUT2D eigenvalue weighted by Crippen LogP contribution is 2.38. The highest BCUT2D eigenvalue weighted by atomic mass is 16.5. The van der Waals surface area contributed by atoms with Gasteiger partial charge in [0, 0.05) is 30.3 Å². The van der Waals surface area contributed by atoms with Gasteiger partial charge in [-0.15, -0.1) is 0 Å². The van der Waals surface area contributed by atoms with Gasteiger partial charge in [-0.25, -0.2) is 24.6 Å². The summed E-state index contributed by atoms with van der Waals surface area (Å²) in [5.74, 6) is 2.61. The lowest BCUT2D eigenvalue weighted by molar-refractivity contribution is 0.112. The molecule has 1 atom stereocenters. The zero-order valence-corrected chi connectivity index (χ0v) is 27.0. The Morgan fingerprint density at radius 1 is 0.979 bits per heavy atom. The Bertz CT molecular complexity index is 2390. The van der Waals surface area contributed by atoms with Crippen LogP contribution in [0.4, 0.5) is 5.82 Å². The molecule has 0 bridgehead atoms. The summed E-state index contributed by atoms with van der Waals surface area (Å²) in [4.78, 5) is 44.5. The number of carbonyl (C=O) groups excluding carboxylic acids is 1. The van der Waals surface area contributed by atoms with Crippen LogP contribution >= 0.6 is 0 Å². The first-order valence-corrected chi connectivity index (χ1v) is 15.7. The van der Waals surface area contributed by atoms with Crippen LogP contribution in [0.2, 0.25) is 0 Å². The Kier molecular flexibility index (Phi) is 7.76. The molecular formula is C36H33N9O3. The fourth-order valence-corrected chi connectivity index (χ4v) is 6.49. The smallest absolute Gasteiger partial charge is 0.261 e. The van der Waals surface area contributed by atoms with Crippen LogP contribution in [0.5, 0.6) is 5.75 Å². The Morgan fingerprint density at radius 3 is 2.58 bits per heavy atom.